The van der Waals surface area contributed by atoms with Crippen LogP contribution < -0.4 is 15.8 Å². The predicted octanol–water partition coefficient (Wildman–Crippen LogP) is 6.76. The number of carbonyl (C=O) groups excluding carboxylic acids is 1. The molecule has 0 saturated carbocycles. The van der Waals surface area contributed by atoms with Gasteiger partial charge in [0.1, 0.15) is 18.3 Å². The molecule has 6 nitrogen and oxygen atoms in total. The molecule has 0 aliphatic rings. The number of nitrogens with one attached hydrogen (secondary N) is 2. The lowest BCUT2D eigenvalue weighted by Gasteiger charge is -2.12. The lowest BCUT2D eigenvalue weighted by Crippen LogP contribution is -2.18. The van der Waals surface area contributed by atoms with Gasteiger partial charge < -0.3 is 15.4 Å². The smallest absolute Gasteiger partial charge is 0.306 e. The first-order valence-corrected chi connectivity index (χ1v) is 12.8. The van der Waals surface area contributed by atoms with Crippen LogP contribution in [0.2, 0.25) is 0 Å². The Morgan fingerprint density at radius 3 is 2.41 bits per heavy atom. The SMILES string of the molecule is C=C.CC/C(Br)=C(\N=C(/C)Nc1ccc(SN)cc1)NCCCCC(=O)OCc1ccccc1. The number of hydrogen-bond donors (Lipinski definition) is 3. The van der Waals surface area contributed by atoms with Crippen LogP contribution in [0.3, 0.4) is 0 Å². The first-order valence-electron chi connectivity index (χ1n) is 11.1. The zero-order valence-electron chi connectivity index (χ0n) is 20.0. The van der Waals surface area contributed by atoms with Crippen molar-refractivity contribution >= 4 is 45.4 Å². The van der Waals surface area contributed by atoms with E-state index in [0.29, 0.717) is 13.0 Å². The molecule has 0 unspecified atom stereocenters. The molecule has 2 aromatic rings. The molecule has 0 aliphatic heterocycles. The minimum atomic E-state index is -0.170. The van der Waals surface area contributed by atoms with Gasteiger partial charge in [-0.2, -0.15) is 0 Å². The summed E-state index contributed by atoms with van der Waals surface area (Å²) in [4.78, 5) is 17.6. The van der Waals surface area contributed by atoms with Crippen LogP contribution in [0.1, 0.15) is 45.1 Å². The van der Waals surface area contributed by atoms with Crippen LogP contribution in [0.15, 0.2) is 87.9 Å². The Kier molecular flexibility index (Phi) is 15.5. The Hall–Kier alpha value is -2.55. The Morgan fingerprint density at radius 2 is 1.79 bits per heavy atom. The first-order chi connectivity index (χ1) is 16.5. The van der Waals surface area contributed by atoms with Gasteiger partial charge in [-0.1, -0.05) is 53.2 Å². The lowest BCUT2D eigenvalue weighted by molar-refractivity contribution is -0.145. The molecule has 0 atom stereocenters. The number of amidine groups is 1. The topological polar surface area (TPSA) is 88.7 Å². The number of unbranched alkanes of at least 4 members (excludes halogenated alkanes) is 1. The van der Waals surface area contributed by atoms with Crippen LogP contribution in [0, 0.1) is 0 Å². The van der Waals surface area contributed by atoms with Crippen molar-refractivity contribution < 1.29 is 9.53 Å². The van der Waals surface area contributed by atoms with E-state index < -0.39 is 0 Å². The number of halogens is 1. The van der Waals surface area contributed by atoms with Gasteiger partial charge >= 0.3 is 5.97 Å². The van der Waals surface area contributed by atoms with Gasteiger partial charge in [-0.05, 0) is 68.0 Å². The second kappa shape index (κ2) is 17.9. The molecule has 34 heavy (non-hydrogen) atoms. The third kappa shape index (κ3) is 12.1. The van der Waals surface area contributed by atoms with Crippen molar-refractivity contribution in [2.24, 2.45) is 10.1 Å². The van der Waals surface area contributed by atoms with Gasteiger partial charge in [0.25, 0.3) is 0 Å². The highest BCUT2D eigenvalue weighted by atomic mass is 79.9. The molecule has 2 aromatic carbocycles. The zero-order chi connectivity index (χ0) is 25.2. The van der Waals surface area contributed by atoms with Gasteiger partial charge in [-0.3, -0.25) is 9.93 Å². The summed E-state index contributed by atoms with van der Waals surface area (Å²) in [6.07, 6.45) is 2.83. The van der Waals surface area contributed by atoms with E-state index in [-0.39, 0.29) is 5.97 Å². The van der Waals surface area contributed by atoms with Gasteiger partial charge in [0, 0.05) is 28.0 Å². The average Bonchev–Trinajstić information content (AvgIpc) is 2.88. The summed E-state index contributed by atoms with van der Waals surface area (Å²) < 4.78 is 6.32. The van der Waals surface area contributed by atoms with Crippen molar-refractivity contribution in [3.05, 3.63) is 83.6 Å². The molecule has 0 radical (unpaired) electrons. The number of allylic oxidation sites excluding steroid dienone is 1. The van der Waals surface area contributed by atoms with E-state index in [1.807, 2.05) is 61.5 Å². The fourth-order valence-electron chi connectivity index (χ4n) is 2.80. The summed E-state index contributed by atoms with van der Waals surface area (Å²) in [5.74, 6) is 1.39. The van der Waals surface area contributed by atoms with Crippen LogP contribution in [0.25, 0.3) is 0 Å². The van der Waals surface area contributed by atoms with Gasteiger partial charge in [0.2, 0.25) is 0 Å². The molecule has 4 N–H and O–H groups in total. The monoisotopic (exact) mass is 546 g/mol. The van der Waals surface area contributed by atoms with Gasteiger partial charge in [-0.15, -0.1) is 13.2 Å². The van der Waals surface area contributed by atoms with Gasteiger partial charge in [-0.25, -0.2) is 4.99 Å². The third-order valence-electron chi connectivity index (χ3n) is 4.51. The van der Waals surface area contributed by atoms with E-state index in [1.165, 1.54) is 11.9 Å². The van der Waals surface area contributed by atoms with E-state index in [2.05, 4.69) is 51.6 Å². The molecule has 0 aromatic heterocycles. The summed E-state index contributed by atoms with van der Waals surface area (Å²) in [7, 11) is 0. The molecular formula is C26H35BrN4O2S. The van der Waals surface area contributed by atoms with E-state index >= 15 is 0 Å². The Labute approximate surface area is 216 Å². The maximum absolute atomic E-state index is 11.9. The number of carbonyl (C=O) groups is 1. The summed E-state index contributed by atoms with van der Waals surface area (Å²) in [5, 5.41) is 12.2. The highest BCUT2D eigenvalue weighted by molar-refractivity contribution is 9.11. The Balaban J connectivity index is 0.00000281. The van der Waals surface area contributed by atoms with E-state index in [9.17, 15) is 4.79 Å². The molecule has 0 bridgehead atoms. The number of anilines is 1. The molecule has 0 aliphatic carbocycles. The number of esters is 1. The van der Waals surface area contributed by atoms with E-state index in [4.69, 9.17) is 9.88 Å². The van der Waals surface area contributed by atoms with Gasteiger partial charge in [0.05, 0.1) is 0 Å². The summed E-state index contributed by atoms with van der Waals surface area (Å²) in [6.45, 7) is 11.0. The van der Waals surface area contributed by atoms with Crippen molar-refractivity contribution in [1.82, 2.24) is 5.32 Å². The van der Waals surface area contributed by atoms with Gasteiger partial charge in [0.15, 0.2) is 0 Å². The molecule has 0 spiro atoms. The fraction of sp³-hybridized carbons (Fsp3) is 0.308. The highest BCUT2D eigenvalue weighted by Gasteiger charge is 2.06. The average molecular weight is 548 g/mol. The number of hydrogen-bond acceptors (Lipinski definition) is 6. The highest BCUT2D eigenvalue weighted by Crippen LogP contribution is 2.18. The third-order valence-corrected chi connectivity index (χ3v) is 5.99. The largest absolute Gasteiger partial charge is 0.461 e. The number of benzene rings is 2. The molecule has 184 valence electrons. The minimum absolute atomic E-state index is 0.170. The van der Waals surface area contributed by atoms with E-state index in [0.717, 1.165) is 58.1 Å². The van der Waals surface area contributed by atoms with Crippen LogP contribution in [0.5, 0.6) is 0 Å². The number of nitrogens with zero attached hydrogens (tertiary/aromatic N) is 1. The molecule has 0 saturated heterocycles. The number of aliphatic imine (C=N–C) groups is 1. The second-order valence-electron chi connectivity index (χ2n) is 7.10. The summed E-state index contributed by atoms with van der Waals surface area (Å²) in [5.41, 5.74) is 1.95. The minimum Gasteiger partial charge on any atom is -0.461 e. The maximum atomic E-state index is 11.9. The number of nitrogens with two attached hydrogens (primary N) is 1. The second-order valence-corrected chi connectivity index (χ2v) is 8.77. The quantitative estimate of drug-likeness (QED) is 0.0680. The standard InChI is InChI=1S/C24H31BrN4O2S.C2H4/c1-3-22(25)24(29-18(2)28-20-12-14-21(32-26)15-13-20)27-16-8-7-11-23(30)31-17-19-9-5-4-6-10-19;1-2/h4-6,9-10,12-15,27H,3,7-8,11,16-17,26H2,1-2H3,(H,28,29);1-2H2/b24-22+;. The van der Waals surface area contributed by atoms with Crippen molar-refractivity contribution in [3.8, 4) is 0 Å². The van der Waals surface area contributed by atoms with Crippen molar-refractivity contribution in [2.75, 3.05) is 11.9 Å². The van der Waals surface area contributed by atoms with Crippen molar-refractivity contribution in [3.63, 3.8) is 0 Å². The molecule has 2 rings (SSSR count). The first kappa shape index (κ1) is 29.5. The zero-order valence-corrected chi connectivity index (χ0v) is 22.4. The molecule has 0 amide bonds. The molecule has 0 heterocycles. The van der Waals surface area contributed by atoms with Crippen molar-refractivity contribution in [1.29, 1.82) is 0 Å². The van der Waals surface area contributed by atoms with Crippen LogP contribution in [-0.2, 0) is 16.1 Å². The number of ether oxygens (including phenoxy) is 1. The molecular weight excluding hydrogens is 512 g/mol. The summed E-state index contributed by atoms with van der Waals surface area (Å²) in [6, 6.07) is 17.6. The van der Waals surface area contributed by atoms with Crippen molar-refractivity contribution in [2.45, 2.75) is 51.0 Å². The van der Waals surface area contributed by atoms with E-state index in [1.54, 1.807) is 0 Å². The Bertz CT molecular complexity index is 918. The maximum Gasteiger partial charge on any atom is 0.306 e. The van der Waals surface area contributed by atoms with Crippen LogP contribution >= 0.6 is 27.9 Å². The predicted molar refractivity (Wildman–Crippen MR) is 149 cm³/mol. The molecule has 0 fully saturated rings. The summed E-state index contributed by atoms with van der Waals surface area (Å²) >= 11 is 4.82. The number of rotatable bonds is 12. The molecule has 8 heteroatoms. The van der Waals surface area contributed by atoms with Crippen LogP contribution in [0.4, 0.5) is 5.69 Å². The lowest BCUT2D eigenvalue weighted by atomic mass is 10.2. The normalized spacial score (nSPS) is 11.6. The fourth-order valence-corrected chi connectivity index (χ4v) is 3.32. The Morgan fingerprint density at radius 1 is 1.12 bits per heavy atom. The van der Waals surface area contributed by atoms with Crippen LogP contribution in [-0.4, -0.2) is 18.3 Å².